The van der Waals surface area contributed by atoms with Crippen LogP contribution in [0.15, 0.2) is 0 Å². The fourth-order valence-corrected chi connectivity index (χ4v) is 1.47. The van der Waals surface area contributed by atoms with Crippen LogP contribution in [-0.4, -0.2) is 49.8 Å². The standard InChI is InChI=1S/C8H14ClNO3/c1-12-8(11)10-3-2-4-13-7(5-9)6-10/h7H,2-6H2,1H3. The Morgan fingerprint density at radius 1 is 1.77 bits per heavy atom. The Labute approximate surface area is 82.7 Å². The number of hydrogen-bond donors (Lipinski definition) is 0. The Morgan fingerprint density at radius 3 is 3.15 bits per heavy atom. The molecule has 0 aromatic rings. The maximum Gasteiger partial charge on any atom is 0.409 e. The lowest BCUT2D eigenvalue weighted by molar-refractivity contribution is 0.0657. The molecule has 1 aliphatic rings. The van der Waals surface area contributed by atoms with Crippen molar-refractivity contribution in [2.75, 3.05) is 32.7 Å². The largest absolute Gasteiger partial charge is 0.453 e. The van der Waals surface area contributed by atoms with E-state index in [4.69, 9.17) is 16.3 Å². The van der Waals surface area contributed by atoms with Crippen LogP contribution in [0, 0.1) is 0 Å². The Morgan fingerprint density at radius 2 is 2.54 bits per heavy atom. The molecule has 13 heavy (non-hydrogen) atoms. The van der Waals surface area contributed by atoms with Gasteiger partial charge in [-0.25, -0.2) is 4.79 Å². The highest BCUT2D eigenvalue weighted by Crippen LogP contribution is 2.08. The van der Waals surface area contributed by atoms with Crippen LogP contribution >= 0.6 is 11.6 Å². The number of nitrogens with zero attached hydrogens (tertiary/aromatic N) is 1. The van der Waals surface area contributed by atoms with Crippen molar-refractivity contribution < 1.29 is 14.3 Å². The molecule has 0 bridgehead atoms. The summed E-state index contributed by atoms with van der Waals surface area (Å²) in [6.07, 6.45) is 0.464. The molecule has 76 valence electrons. The molecule has 0 aromatic heterocycles. The predicted octanol–water partition coefficient (Wildman–Crippen LogP) is 1.08. The van der Waals surface area contributed by atoms with Crippen molar-refractivity contribution in [1.29, 1.82) is 0 Å². The minimum absolute atomic E-state index is 0.0664. The van der Waals surface area contributed by atoms with Gasteiger partial charge in [-0.1, -0.05) is 0 Å². The van der Waals surface area contributed by atoms with Crippen LogP contribution < -0.4 is 0 Å². The molecule has 1 saturated heterocycles. The van der Waals surface area contributed by atoms with Crippen LogP contribution in [0.4, 0.5) is 4.79 Å². The second-order valence-corrected chi connectivity index (χ2v) is 3.23. The van der Waals surface area contributed by atoms with Gasteiger partial charge in [-0.15, -0.1) is 11.6 Å². The molecule has 1 unspecified atom stereocenters. The van der Waals surface area contributed by atoms with Gasteiger partial charge in [-0.05, 0) is 6.42 Å². The van der Waals surface area contributed by atoms with E-state index in [1.54, 1.807) is 4.90 Å². The van der Waals surface area contributed by atoms with E-state index in [2.05, 4.69) is 4.74 Å². The fourth-order valence-electron chi connectivity index (χ4n) is 1.28. The smallest absolute Gasteiger partial charge is 0.409 e. The number of carbonyl (C=O) groups excluding carboxylic acids is 1. The predicted molar refractivity (Wildman–Crippen MR) is 49.1 cm³/mol. The highest BCUT2D eigenvalue weighted by atomic mass is 35.5. The van der Waals surface area contributed by atoms with Gasteiger partial charge in [0.15, 0.2) is 0 Å². The third-order valence-electron chi connectivity index (χ3n) is 1.95. The molecule has 0 radical (unpaired) electrons. The van der Waals surface area contributed by atoms with Crippen LogP contribution in [0.2, 0.25) is 0 Å². The summed E-state index contributed by atoms with van der Waals surface area (Å²) < 4.78 is 10.0. The average molecular weight is 208 g/mol. The molecule has 0 aromatic carbocycles. The quantitative estimate of drug-likeness (QED) is 0.604. The second-order valence-electron chi connectivity index (χ2n) is 2.92. The number of alkyl halides is 1. The van der Waals surface area contributed by atoms with Crippen molar-refractivity contribution in [3.05, 3.63) is 0 Å². The summed E-state index contributed by atoms with van der Waals surface area (Å²) in [7, 11) is 1.38. The van der Waals surface area contributed by atoms with E-state index in [9.17, 15) is 4.79 Å². The normalized spacial score (nSPS) is 23.8. The first-order chi connectivity index (χ1) is 6.27. The van der Waals surface area contributed by atoms with Gasteiger partial charge >= 0.3 is 6.09 Å². The molecule has 1 fully saturated rings. The molecular weight excluding hydrogens is 194 g/mol. The molecule has 1 aliphatic heterocycles. The van der Waals surface area contributed by atoms with E-state index in [0.29, 0.717) is 25.6 Å². The van der Waals surface area contributed by atoms with Crippen LogP contribution in [-0.2, 0) is 9.47 Å². The lowest BCUT2D eigenvalue weighted by Gasteiger charge is -2.20. The molecule has 1 atom stereocenters. The van der Waals surface area contributed by atoms with E-state index in [1.807, 2.05) is 0 Å². The molecule has 1 rings (SSSR count). The molecule has 0 saturated carbocycles. The lowest BCUT2D eigenvalue weighted by Crippen LogP contribution is -2.37. The summed E-state index contributed by atoms with van der Waals surface area (Å²) in [6.45, 7) is 1.86. The second kappa shape index (κ2) is 5.29. The zero-order valence-electron chi connectivity index (χ0n) is 7.66. The third kappa shape index (κ3) is 3.04. The first-order valence-corrected chi connectivity index (χ1v) is 4.82. The zero-order valence-corrected chi connectivity index (χ0v) is 8.42. The number of hydrogen-bond acceptors (Lipinski definition) is 3. The zero-order chi connectivity index (χ0) is 9.68. The van der Waals surface area contributed by atoms with Gasteiger partial charge in [0, 0.05) is 13.2 Å². The number of rotatable bonds is 1. The fraction of sp³-hybridized carbons (Fsp3) is 0.875. The van der Waals surface area contributed by atoms with Crippen molar-refractivity contribution in [3.8, 4) is 0 Å². The molecule has 0 N–H and O–H groups in total. The van der Waals surface area contributed by atoms with Gasteiger partial charge in [0.1, 0.15) is 0 Å². The number of methoxy groups -OCH3 is 1. The number of ether oxygens (including phenoxy) is 2. The number of halogens is 1. The van der Waals surface area contributed by atoms with Gasteiger partial charge in [-0.3, -0.25) is 0 Å². The van der Waals surface area contributed by atoms with E-state index < -0.39 is 0 Å². The van der Waals surface area contributed by atoms with E-state index in [-0.39, 0.29) is 12.2 Å². The average Bonchev–Trinajstić information content (AvgIpc) is 2.41. The molecule has 4 nitrogen and oxygen atoms in total. The molecular formula is C8H14ClNO3. The van der Waals surface area contributed by atoms with Crippen LogP contribution in [0.3, 0.4) is 0 Å². The molecule has 1 heterocycles. The Balaban J connectivity index is 2.48. The van der Waals surface area contributed by atoms with Crippen LogP contribution in [0.5, 0.6) is 0 Å². The highest BCUT2D eigenvalue weighted by molar-refractivity contribution is 6.18. The lowest BCUT2D eigenvalue weighted by atomic mass is 10.3. The van der Waals surface area contributed by atoms with Gasteiger partial charge in [0.2, 0.25) is 0 Å². The summed E-state index contributed by atoms with van der Waals surface area (Å²) in [4.78, 5) is 12.8. The van der Waals surface area contributed by atoms with Gasteiger partial charge < -0.3 is 14.4 Å². The van der Waals surface area contributed by atoms with Gasteiger partial charge in [0.25, 0.3) is 0 Å². The Hall–Kier alpha value is -0.480. The summed E-state index contributed by atoms with van der Waals surface area (Å²) >= 11 is 5.66. The van der Waals surface area contributed by atoms with Gasteiger partial charge in [0.05, 0.1) is 25.6 Å². The molecule has 0 spiro atoms. The van der Waals surface area contributed by atoms with Crippen molar-refractivity contribution in [3.63, 3.8) is 0 Å². The SMILES string of the molecule is COC(=O)N1CCCOC(CCl)C1. The van der Waals surface area contributed by atoms with Crippen molar-refractivity contribution in [2.24, 2.45) is 0 Å². The maximum atomic E-state index is 11.2. The minimum Gasteiger partial charge on any atom is -0.453 e. The van der Waals surface area contributed by atoms with E-state index >= 15 is 0 Å². The molecule has 5 heteroatoms. The van der Waals surface area contributed by atoms with Gasteiger partial charge in [-0.2, -0.15) is 0 Å². The topological polar surface area (TPSA) is 38.8 Å². The summed E-state index contributed by atoms with van der Waals surface area (Å²) in [5, 5.41) is 0. The first-order valence-electron chi connectivity index (χ1n) is 4.28. The number of amides is 1. The van der Waals surface area contributed by atoms with Crippen LogP contribution in [0.1, 0.15) is 6.42 Å². The minimum atomic E-state index is -0.305. The maximum absolute atomic E-state index is 11.2. The van der Waals surface area contributed by atoms with E-state index in [0.717, 1.165) is 6.42 Å². The van der Waals surface area contributed by atoms with Crippen LogP contribution in [0.25, 0.3) is 0 Å². The highest BCUT2D eigenvalue weighted by Gasteiger charge is 2.21. The summed E-state index contributed by atoms with van der Waals surface area (Å²) in [5.74, 6) is 0.410. The van der Waals surface area contributed by atoms with Crippen molar-refractivity contribution in [2.45, 2.75) is 12.5 Å². The van der Waals surface area contributed by atoms with Crippen molar-refractivity contribution in [1.82, 2.24) is 4.90 Å². The summed E-state index contributed by atoms with van der Waals surface area (Å²) in [5.41, 5.74) is 0. The molecule has 1 amide bonds. The molecule has 0 aliphatic carbocycles. The Kier molecular flexibility index (Phi) is 4.32. The van der Waals surface area contributed by atoms with Crippen molar-refractivity contribution >= 4 is 17.7 Å². The first kappa shape index (κ1) is 10.6. The monoisotopic (exact) mass is 207 g/mol. The Bertz CT molecular complexity index is 177. The van der Waals surface area contributed by atoms with E-state index in [1.165, 1.54) is 7.11 Å². The summed E-state index contributed by atoms with van der Waals surface area (Å²) in [6, 6.07) is 0. The number of carbonyl (C=O) groups is 1. The third-order valence-corrected chi connectivity index (χ3v) is 2.30.